The maximum Gasteiger partial charge on any atom is 0.380 e. The van der Waals surface area contributed by atoms with Crippen molar-refractivity contribution in [3.8, 4) is 5.75 Å². The van der Waals surface area contributed by atoms with Crippen LogP contribution < -0.4 is 14.6 Å². The molecular weight excluding hydrogens is 446 g/mol. The van der Waals surface area contributed by atoms with E-state index < -0.39 is 10.3 Å². The number of nitrogens with one attached hydrogen (secondary N) is 1. The molecule has 1 heterocycles. The summed E-state index contributed by atoms with van der Waals surface area (Å²) in [5.41, 5.74) is 0.875. The zero-order valence-electron chi connectivity index (χ0n) is 19.3. The fraction of sp³-hybridized carbons (Fsp3) is 0.609. The lowest BCUT2D eigenvalue weighted by Crippen LogP contribution is -2.35. The third kappa shape index (κ3) is 9.91. The highest BCUT2D eigenvalue weighted by Gasteiger charge is 2.37. The van der Waals surface area contributed by atoms with E-state index in [0.29, 0.717) is 13.0 Å². The first-order valence-corrected chi connectivity index (χ1v) is 13.1. The summed E-state index contributed by atoms with van der Waals surface area (Å²) >= 11 is 0. The Morgan fingerprint density at radius 1 is 1.12 bits per heavy atom. The van der Waals surface area contributed by atoms with E-state index in [1.54, 1.807) is 12.1 Å². The van der Waals surface area contributed by atoms with Crippen molar-refractivity contribution in [2.45, 2.75) is 71.1 Å². The lowest BCUT2D eigenvalue weighted by Gasteiger charge is -2.15. The summed E-state index contributed by atoms with van der Waals surface area (Å²) < 4.78 is 26.4. The van der Waals surface area contributed by atoms with E-state index in [-0.39, 0.29) is 48.8 Å². The van der Waals surface area contributed by atoms with Gasteiger partial charge in [-0.3, -0.25) is 19.3 Å². The molecule has 184 valence electrons. The number of benzene rings is 1. The van der Waals surface area contributed by atoms with Gasteiger partial charge in [0.2, 0.25) is 17.7 Å². The van der Waals surface area contributed by atoms with Crippen LogP contribution in [0.15, 0.2) is 24.3 Å². The number of hydrogen-bond acceptors (Lipinski definition) is 6. The molecule has 0 spiro atoms. The first-order chi connectivity index (χ1) is 15.7. The van der Waals surface area contributed by atoms with Gasteiger partial charge < -0.3 is 9.50 Å². The molecule has 1 aliphatic heterocycles. The zero-order chi connectivity index (χ0) is 24.3. The van der Waals surface area contributed by atoms with Crippen LogP contribution in [0.2, 0.25) is 0 Å². The highest BCUT2D eigenvalue weighted by Crippen LogP contribution is 2.25. The number of likely N-dealkylation sites (tertiary alicyclic amines) is 1. The average molecular weight is 482 g/mol. The molecule has 1 aliphatic rings. The summed E-state index contributed by atoms with van der Waals surface area (Å²) in [7, 11) is -4.06. The van der Waals surface area contributed by atoms with Gasteiger partial charge in [0.05, 0.1) is 0 Å². The van der Waals surface area contributed by atoms with Gasteiger partial charge in [0.25, 0.3) is 0 Å². The Morgan fingerprint density at radius 3 is 2.45 bits per heavy atom. The number of unbranched alkanes of at least 4 members (excludes halogenated alkanes) is 5. The van der Waals surface area contributed by atoms with Crippen molar-refractivity contribution in [2.24, 2.45) is 11.1 Å². The monoisotopic (exact) mass is 481 g/mol. The molecule has 1 atom stereocenters. The van der Waals surface area contributed by atoms with E-state index in [4.69, 9.17) is 5.14 Å². The van der Waals surface area contributed by atoms with Gasteiger partial charge in [0.1, 0.15) is 5.75 Å². The molecule has 3 N–H and O–H groups in total. The minimum absolute atomic E-state index is 0.0718. The Hall–Kier alpha value is -2.46. The van der Waals surface area contributed by atoms with Crippen molar-refractivity contribution in [3.63, 3.8) is 0 Å². The molecule has 10 heteroatoms. The minimum Gasteiger partial charge on any atom is -0.371 e. The van der Waals surface area contributed by atoms with E-state index in [2.05, 4.69) is 16.4 Å². The van der Waals surface area contributed by atoms with Crippen molar-refractivity contribution < 1.29 is 27.0 Å². The maximum atomic E-state index is 12.5. The quantitative estimate of drug-likeness (QED) is 0.292. The Kier molecular flexibility index (Phi) is 10.8. The van der Waals surface area contributed by atoms with Gasteiger partial charge in [-0.25, -0.2) is 0 Å². The first-order valence-electron chi connectivity index (χ1n) is 11.6. The topological polar surface area (TPSA) is 136 Å². The largest absolute Gasteiger partial charge is 0.380 e. The van der Waals surface area contributed by atoms with Crippen molar-refractivity contribution in [3.05, 3.63) is 29.8 Å². The van der Waals surface area contributed by atoms with E-state index in [0.717, 1.165) is 24.8 Å². The van der Waals surface area contributed by atoms with Crippen LogP contribution in [-0.2, 0) is 31.1 Å². The third-order valence-corrected chi connectivity index (χ3v) is 6.10. The Morgan fingerprint density at radius 2 is 1.79 bits per heavy atom. The minimum atomic E-state index is -4.06. The second-order valence-electron chi connectivity index (χ2n) is 8.41. The van der Waals surface area contributed by atoms with E-state index in [1.807, 2.05) is 0 Å². The van der Waals surface area contributed by atoms with Crippen LogP contribution in [0.25, 0.3) is 0 Å². The molecule has 0 bridgehead atoms. The second kappa shape index (κ2) is 13.3. The molecule has 1 aromatic carbocycles. The number of nitrogens with zero attached hydrogens (tertiary/aromatic N) is 1. The molecule has 0 radical (unpaired) electrons. The summed E-state index contributed by atoms with van der Waals surface area (Å²) in [6.45, 7) is 2.65. The van der Waals surface area contributed by atoms with E-state index >= 15 is 0 Å². The van der Waals surface area contributed by atoms with Gasteiger partial charge in [-0.05, 0) is 30.5 Å². The lowest BCUT2D eigenvalue weighted by atomic mass is 9.99. The fourth-order valence-electron chi connectivity index (χ4n) is 3.88. The molecule has 9 nitrogen and oxygen atoms in total. The van der Waals surface area contributed by atoms with Crippen molar-refractivity contribution in [2.75, 3.05) is 13.1 Å². The fourth-order valence-corrected chi connectivity index (χ4v) is 4.26. The summed E-state index contributed by atoms with van der Waals surface area (Å²) in [6.07, 6.45) is 8.45. The van der Waals surface area contributed by atoms with Crippen LogP contribution in [0.1, 0.15) is 70.3 Å². The first kappa shape index (κ1) is 26.8. The standard InChI is InChI=1S/C23H35N3O6S/c1-2-3-4-5-6-7-8-19-17-22(28)26(23(19)29)16-14-21(27)25-15-13-18-9-11-20(12-10-18)32-33(24,30)31/h9-12,19H,2-8,13-17H2,1H3,(H,25,27)(H2,24,30,31). The molecule has 3 amide bonds. The van der Waals surface area contributed by atoms with Crippen molar-refractivity contribution in [1.29, 1.82) is 0 Å². The summed E-state index contributed by atoms with van der Waals surface area (Å²) in [4.78, 5) is 38.1. The van der Waals surface area contributed by atoms with Gasteiger partial charge >= 0.3 is 10.3 Å². The van der Waals surface area contributed by atoms with Gasteiger partial charge in [0.15, 0.2) is 0 Å². The van der Waals surface area contributed by atoms with Crippen LogP contribution in [0.3, 0.4) is 0 Å². The average Bonchev–Trinajstić information content (AvgIpc) is 3.02. The van der Waals surface area contributed by atoms with Crippen LogP contribution in [0, 0.1) is 5.92 Å². The van der Waals surface area contributed by atoms with Gasteiger partial charge in [0, 0.05) is 31.8 Å². The number of amides is 3. The summed E-state index contributed by atoms with van der Waals surface area (Å²) in [5, 5.41) is 7.59. The third-order valence-electron chi connectivity index (χ3n) is 5.68. The normalized spacial score (nSPS) is 16.3. The van der Waals surface area contributed by atoms with Crippen molar-refractivity contribution in [1.82, 2.24) is 10.2 Å². The zero-order valence-corrected chi connectivity index (χ0v) is 20.1. The number of hydrogen-bond donors (Lipinski definition) is 2. The molecule has 0 aliphatic carbocycles. The predicted octanol–water partition coefficient (Wildman–Crippen LogP) is 2.44. The second-order valence-corrected chi connectivity index (χ2v) is 9.56. The molecule has 0 saturated carbocycles. The molecule has 0 aromatic heterocycles. The SMILES string of the molecule is CCCCCCCCC1CC(=O)N(CCC(=O)NCCc2ccc(OS(N)(=O)=O)cc2)C1=O. The Balaban J connectivity index is 1.65. The highest BCUT2D eigenvalue weighted by molar-refractivity contribution is 7.84. The Bertz CT molecular complexity index is 901. The smallest absolute Gasteiger partial charge is 0.371 e. The number of imide groups is 1. The highest BCUT2D eigenvalue weighted by atomic mass is 32.2. The van der Waals surface area contributed by atoms with Gasteiger partial charge in [-0.1, -0.05) is 57.6 Å². The maximum absolute atomic E-state index is 12.5. The predicted molar refractivity (Wildman–Crippen MR) is 124 cm³/mol. The van der Waals surface area contributed by atoms with E-state index in [1.165, 1.54) is 42.7 Å². The molecule has 33 heavy (non-hydrogen) atoms. The Labute approximate surface area is 196 Å². The molecule has 2 rings (SSSR count). The van der Waals surface area contributed by atoms with Gasteiger partial charge in [-0.2, -0.15) is 13.6 Å². The number of rotatable bonds is 15. The van der Waals surface area contributed by atoms with Gasteiger partial charge in [-0.15, -0.1) is 0 Å². The summed E-state index contributed by atoms with van der Waals surface area (Å²) in [6, 6.07) is 6.32. The lowest BCUT2D eigenvalue weighted by molar-refractivity contribution is -0.139. The molecule has 1 unspecified atom stereocenters. The number of nitrogens with two attached hydrogens (primary N) is 1. The molecule has 1 fully saturated rings. The molecule has 1 aromatic rings. The van der Waals surface area contributed by atoms with Crippen molar-refractivity contribution >= 4 is 28.0 Å². The van der Waals surface area contributed by atoms with E-state index in [9.17, 15) is 22.8 Å². The van der Waals surface area contributed by atoms with Crippen LogP contribution in [0.5, 0.6) is 5.75 Å². The number of carbonyl (C=O) groups excluding carboxylic acids is 3. The molecular formula is C23H35N3O6S. The number of carbonyl (C=O) groups is 3. The van der Waals surface area contributed by atoms with Crippen LogP contribution in [-0.4, -0.2) is 44.1 Å². The summed E-state index contributed by atoms with van der Waals surface area (Å²) in [5.74, 6) is -0.703. The van der Waals surface area contributed by atoms with Crippen LogP contribution in [0.4, 0.5) is 0 Å². The van der Waals surface area contributed by atoms with Crippen LogP contribution >= 0.6 is 0 Å². The molecule has 1 saturated heterocycles.